The van der Waals surface area contributed by atoms with Gasteiger partial charge in [0.25, 0.3) is 29.0 Å². The Morgan fingerprint density at radius 3 is 1.38 bits per heavy atom. The fourth-order valence-corrected chi connectivity index (χ4v) is 5.55. The first-order chi connectivity index (χ1) is 18.7. The number of carbonyl (C=O) groups excluding carboxylic acids is 7. The average Bonchev–Trinajstić information content (AvgIpc) is 2.92. The minimum atomic E-state index is -3.05. The van der Waals surface area contributed by atoms with Crippen LogP contribution in [0.25, 0.3) is 0 Å². The number of imide groups is 2. The molecule has 39 heavy (non-hydrogen) atoms. The first kappa shape index (κ1) is 30.0. The highest BCUT2D eigenvalue weighted by Gasteiger charge is 2.68. The van der Waals surface area contributed by atoms with Crippen molar-refractivity contribution in [1.29, 1.82) is 0 Å². The Balaban J connectivity index is 2.09. The van der Waals surface area contributed by atoms with Gasteiger partial charge in [-0.15, -0.1) is 0 Å². The smallest absolute Gasteiger partial charge is 0.334 e. The summed E-state index contributed by atoms with van der Waals surface area (Å²) in [7, 11) is 0. The summed E-state index contributed by atoms with van der Waals surface area (Å²) in [5.41, 5.74) is -3.05. The molecule has 0 radical (unpaired) electrons. The summed E-state index contributed by atoms with van der Waals surface area (Å²) in [5, 5.41) is 4.39. The van der Waals surface area contributed by atoms with Gasteiger partial charge in [-0.25, -0.2) is 4.79 Å². The van der Waals surface area contributed by atoms with Crippen molar-refractivity contribution < 1.29 is 43.0 Å². The van der Waals surface area contributed by atoms with E-state index in [0.29, 0.717) is 25.7 Å². The first-order valence-corrected chi connectivity index (χ1v) is 13.8. The van der Waals surface area contributed by atoms with Gasteiger partial charge in [0.2, 0.25) is 0 Å². The molecule has 0 aromatic heterocycles. The Morgan fingerprint density at radius 2 is 1.05 bits per heavy atom. The summed E-state index contributed by atoms with van der Waals surface area (Å²) in [5.74, 6) is -6.96. The third kappa shape index (κ3) is 6.22. The van der Waals surface area contributed by atoms with Crippen molar-refractivity contribution >= 4 is 41.6 Å². The molecule has 13 heteroatoms. The highest BCUT2D eigenvalue weighted by Crippen LogP contribution is 2.38. The summed E-state index contributed by atoms with van der Waals surface area (Å²) < 4.78 is 9.64. The van der Waals surface area contributed by atoms with Crippen LogP contribution < -0.4 is 10.6 Å². The van der Waals surface area contributed by atoms with Crippen LogP contribution in [0, 0.1) is 5.41 Å². The van der Waals surface area contributed by atoms with Gasteiger partial charge in [0.05, 0.1) is 13.2 Å². The number of hydrogen-bond donors (Lipinski definition) is 2. The maximum absolute atomic E-state index is 14.1. The molecule has 6 amide bonds. The van der Waals surface area contributed by atoms with Crippen LogP contribution in [0.1, 0.15) is 78.1 Å². The van der Waals surface area contributed by atoms with Crippen LogP contribution >= 0.6 is 0 Å². The molecule has 1 saturated heterocycles. The van der Waals surface area contributed by atoms with Crippen LogP contribution in [0.4, 0.5) is 4.79 Å². The van der Waals surface area contributed by atoms with Gasteiger partial charge in [0.1, 0.15) is 13.1 Å². The molecule has 3 fully saturated rings. The molecule has 216 valence electrons. The van der Waals surface area contributed by atoms with Crippen molar-refractivity contribution in [3.63, 3.8) is 0 Å². The lowest BCUT2D eigenvalue weighted by molar-refractivity contribution is -0.172. The van der Waals surface area contributed by atoms with Crippen LogP contribution in [0.15, 0.2) is 0 Å². The molecule has 13 nitrogen and oxygen atoms in total. The number of barbiturate groups is 1. The molecule has 0 spiro atoms. The van der Waals surface area contributed by atoms with E-state index in [0.717, 1.165) is 48.3 Å². The molecule has 0 atom stereocenters. The second kappa shape index (κ2) is 13.5. The van der Waals surface area contributed by atoms with Crippen LogP contribution in [-0.4, -0.2) is 89.8 Å². The van der Waals surface area contributed by atoms with Crippen molar-refractivity contribution in [1.82, 2.24) is 20.4 Å². The molecule has 0 bridgehead atoms. The average molecular weight is 551 g/mol. The maximum Gasteiger partial charge on any atom is 0.334 e. The molecular formula is C26H38N4O9. The summed E-state index contributed by atoms with van der Waals surface area (Å²) in [6, 6.07) is -2.04. The molecule has 3 aliphatic rings. The molecule has 2 saturated carbocycles. The van der Waals surface area contributed by atoms with Crippen LogP contribution in [0.3, 0.4) is 0 Å². The van der Waals surface area contributed by atoms with Gasteiger partial charge in [-0.1, -0.05) is 38.5 Å². The molecule has 1 heterocycles. The van der Waals surface area contributed by atoms with E-state index in [1.54, 1.807) is 13.8 Å². The lowest BCUT2D eigenvalue weighted by Gasteiger charge is -2.48. The molecule has 3 rings (SSSR count). The van der Waals surface area contributed by atoms with E-state index in [4.69, 9.17) is 9.47 Å². The Kier molecular flexibility index (Phi) is 10.4. The van der Waals surface area contributed by atoms with Gasteiger partial charge in [-0.2, -0.15) is 0 Å². The Morgan fingerprint density at radius 1 is 0.692 bits per heavy atom. The van der Waals surface area contributed by atoms with E-state index in [2.05, 4.69) is 10.6 Å². The number of hydrogen-bond acceptors (Lipinski definition) is 9. The van der Waals surface area contributed by atoms with Crippen LogP contribution in [-0.2, 0) is 38.2 Å². The first-order valence-electron chi connectivity index (χ1n) is 13.8. The van der Waals surface area contributed by atoms with Gasteiger partial charge in [0.15, 0.2) is 0 Å². The third-order valence-corrected chi connectivity index (χ3v) is 7.45. The van der Waals surface area contributed by atoms with E-state index in [-0.39, 0.29) is 13.2 Å². The van der Waals surface area contributed by atoms with Crippen molar-refractivity contribution in [3.8, 4) is 0 Å². The summed E-state index contributed by atoms with van der Waals surface area (Å²) >= 11 is 0. The lowest BCUT2D eigenvalue weighted by atomic mass is 9.78. The predicted molar refractivity (Wildman–Crippen MR) is 135 cm³/mol. The van der Waals surface area contributed by atoms with Crippen LogP contribution in [0.5, 0.6) is 0 Å². The van der Waals surface area contributed by atoms with E-state index in [1.807, 2.05) is 0 Å². The summed E-state index contributed by atoms with van der Waals surface area (Å²) in [6.45, 7) is 1.76. The number of amides is 6. The number of nitrogens with one attached hydrogen (secondary N) is 2. The predicted octanol–water partition coefficient (Wildman–Crippen LogP) is 0.788. The molecular weight excluding hydrogens is 512 g/mol. The van der Waals surface area contributed by atoms with Crippen molar-refractivity contribution in [2.75, 3.05) is 26.3 Å². The van der Waals surface area contributed by atoms with E-state index >= 15 is 0 Å². The van der Waals surface area contributed by atoms with Gasteiger partial charge in [0, 0.05) is 12.1 Å². The monoisotopic (exact) mass is 550 g/mol. The standard InChI is InChI=1S/C26H38N4O9/c1-3-38-19(31)15-27-21(33)26(22(34)28-16-20(32)39-4-2)23(35)29(17-11-7-5-8-12-17)25(37)30(24(26)36)18-13-9-6-10-14-18/h17-18H,3-16H2,1-2H3,(H,27,33)(H,28,34). The molecule has 2 N–H and O–H groups in total. The van der Waals surface area contributed by atoms with Gasteiger partial charge >= 0.3 is 18.0 Å². The molecule has 0 unspecified atom stereocenters. The number of ether oxygens (including phenoxy) is 2. The van der Waals surface area contributed by atoms with E-state index in [9.17, 15) is 33.6 Å². The zero-order valence-corrected chi connectivity index (χ0v) is 22.6. The molecule has 1 aliphatic heterocycles. The van der Waals surface area contributed by atoms with Gasteiger partial charge < -0.3 is 20.1 Å². The molecule has 0 aromatic rings. The Hall–Kier alpha value is -3.51. The van der Waals surface area contributed by atoms with Gasteiger partial charge in [-0.3, -0.25) is 38.6 Å². The summed E-state index contributed by atoms with van der Waals surface area (Å²) in [4.78, 5) is 95.2. The van der Waals surface area contributed by atoms with E-state index in [1.165, 1.54) is 0 Å². The maximum atomic E-state index is 14.1. The summed E-state index contributed by atoms with van der Waals surface area (Å²) in [6.07, 6.45) is 6.61. The normalized spacial score (nSPS) is 20.4. The molecule has 0 aromatic carbocycles. The fraction of sp³-hybridized carbons (Fsp3) is 0.731. The minimum absolute atomic E-state index is 0.0250. The van der Waals surface area contributed by atoms with E-state index < -0.39 is 72.2 Å². The second-order valence-corrected chi connectivity index (χ2v) is 9.94. The van der Waals surface area contributed by atoms with Crippen molar-refractivity contribution in [2.45, 2.75) is 90.1 Å². The second-order valence-electron chi connectivity index (χ2n) is 9.94. The number of esters is 2. The number of nitrogens with zero attached hydrogens (tertiary/aromatic N) is 2. The highest BCUT2D eigenvalue weighted by molar-refractivity contribution is 6.42. The van der Waals surface area contributed by atoms with Gasteiger partial charge in [-0.05, 0) is 39.5 Å². The largest absolute Gasteiger partial charge is 0.465 e. The lowest BCUT2D eigenvalue weighted by Crippen LogP contribution is -2.76. The zero-order chi connectivity index (χ0) is 28.6. The third-order valence-electron chi connectivity index (χ3n) is 7.45. The highest BCUT2D eigenvalue weighted by atomic mass is 16.5. The zero-order valence-electron chi connectivity index (χ0n) is 22.6. The van der Waals surface area contributed by atoms with Crippen LogP contribution in [0.2, 0.25) is 0 Å². The number of rotatable bonds is 10. The Bertz CT molecular complexity index is 910. The number of urea groups is 1. The Labute approximate surface area is 227 Å². The van der Waals surface area contributed by atoms with Crippen molar-refractivity contribution in [3.05, 3.63) is 0 Å². The number of carbonyl (C=O) groups is 7. The fourth-order valence-electron chi connectivity index (χ4n) is 5.55. The quantitative estimate of drug-likeness (QED) is 0.295. The van der Waals surface area contributed by atoms with Crippen molar-refractivity contribution in [2.24, 2.45) is 5.41 Å². The SMILES string of the molecule is CCOC(=O)CNC(=O)C1(C(=O)NCC(=O)OCC)C(=O)N(C2CCCCC2)C(=O)N(C2CCCCC2)C1=O. The minimum Gasteiger partial charge on any atom is -0.465 e. The topological polar surface area (TPSA) is 168 Å². The molecule has 2 aliphatic carbocycles.